The number of nitrogens with zero attached hydrogens (tertiary/aromatic N) is 4. The van der Waals surface area contributed by atoms with Gasteiger partial charge in [0.1, 0.15) is 11.6 Å². The summed E-state index contributed by atoms with van der Waals surface area (Å²) in [6, 6.07) is 17.1. The summed E-state index contributed by atoms with van der Waals surface area (Å²) in [5.41, 5.74) is 3.45. The Morgan fingerprint density at radius 3 is 1.08 bits per heavy atom. The minimum absolute atomic E-state index is 0.0134. The molecule has 1 aliphatic carbocycles. The van der Waals surface area contributed by atoms with Gasteiger partial charge in [0, 0.05) is 24.9 Å². The van der Waals surface area contributed by atoms with Crippen LogP contribution in [0, 0.1) is 21.7 Å². The highest BCUT2D eigenvalue weighted by Gasteiger charge is 2.77. The Labute approximate surface area is 217 Å². The summed E-state index contributed by atoms with van der Waals surface area (Å²) < 4.78 is 4.70. The highest BCUT2D eigenvalue weighted by Crippen LogP contribution is 2.78. The molecule has 1 fully saturated rings. The summed E-state index contributed by atoms with van der Waals surface area (Å²) in [5, 5.41) is 0. The third kappa shape index (κ3) is 2.42. The molecule has 1 aliphatic rings. The zero-order valence-electron chi connectivity index (χ0n) is 24.4. The van der Waals surface area contributed by atoms with Gasteiger partial charge in [-0.3, -0.25) is 0 Å². The van der Waals surface area contributed by atoms with E-state index in [0.29, 0.717) is 0 Å². The number of rotatable bonds is 2. The number of para-hydroxylation sites is 4. The van der Waals surface area contributed by atoms with Crippen LogP contribution in [0.25, 0.3) is 22.1 Å². The molecule has 0 N–H and O–H groups in total. The van der Waals surface area contributed by atoms with Gasteiger partial charge in [0.2, 0.25) is 0 Å². The smallest absolute Gasteiger partial charge is 0.117 e. The van der Waals surface area contributed by atoms with Crippen molar-refractivity contribution in [3.05, 3.63) is 60.2 Å². The predicted molar refractivity (Wildman–Crippen MR) is 151 cm³/mol. The fraction of sp³-hybridized carbons (Fsp3) is 0.562. The molecule has 0 spiro atoms. The summed E-state index contributed by atoms with van der Waals surface area (Å²) in [6.45, 7) is 24.8. The van der Waals surface area contributed by atoms with Gasteiger partial charge in [-0.15, -0.1) is 0 Å². The van der Waals surface area contributed by atoms with Crippen LogP contribution in [-0.2, 0) is 24.9 Å². The van der Waals surface area contributed by atoms with E-state index in [-0.39, 0.29) is 32.5 Å². The van der Waals surface area contributed by atoms with Gasteiger partial charge in [0.15, 0.2) is 0 Å². The van der Waals surface area contributed by atoms with Crippen LogP contribution < -0.4 is 0 Å². The van der Waals surface area contributed by atoms with Gasteiger partial charge >= 0.3 is 0 Å². The second-order valence-electron chi connectivity index (χ2n) is 13.7. The van der Waals surface area contributed by atoms with E-state index in [0.717, 1.165) is 22.7 Å². The molecule has 2 aromatic heterocycles. The third-order valence-corrected chi connectivity index (χ3v) is 12.7. The van der Waals surface area contributed by atoms with E-state index in [1.807, 2.05) is 0 Å². The zero-order chi connectivity index (χ0) is 26.7. The Bertz CT molecular complexity index is 1380. The number of imidazole rings is 2. The topological polar surface area (TPSA) is 35.6 Å². The van der Waals surface area contributed by atoms with Gasteiger partial charge in [-0.25, -0.2) is 9.97 Å². The summed E-state index contributed by atoms with van der Waals surface area (Å²) >= 11 is 0. The molecule has 192 valence electrons. The first-order valence-corrected chi connectivity index (χ1v) is 13.3. The normalized spacial score (nSPS) is 28.6. The van der Waals surface area contributed by atoms with Crippen LogP contribution in [0.1, 0.15) is 80.9 Å². The van der Waals surface area contributed by atoms with E-state index in [9.17, 15) is 0 Å². The largest absolute Gasteiger partial charge is 0.331 e. The Morgan fingerprint density at radius 1 is 0.472 bits per heavy atom. The van der Waals surface area contributed by atoms with E-state index in [4.69, 9.17) is 9.97 Å². The molecule has 1 saturated carbocycles. The second-order valence-corrected chi connectivity index (χ2v) is 13.7. The summed E-state index contributed by atoms with van der Waals surface area (Å²) in [6.07, 6.45) is 0. The maximum absolute atomic E-state index is 5.41. The summed E-state index contributed by atoms with van der Waals surface area (Å²) in [7, 11) is 4.39. The van der Waals surface area contributed by atoms with Crippen LogP contribution >= 0.6 is 0 Å². The number of aryl methyl sites for hydroxylation is 2. The molecule has 4 heteroatoms. The number of aromatic nitrogens is 4. The van der Waals surface area contributed by atoms with Crippen molar-refractivity contribution >= 4 is 22.1 Å². The zero-order valence-corrected chi connectivity index (χ0v) is 24.4. The number of hydrogen-bond acceptors (Lipinski definition) is 2. The molecule has 0 aliphatic heterocycles. The highest BCUT2D eigenvalue weighted by molar-refractivity contribution is 5.77. The lowest BCUT2D eigenvalue weighted by atomic mass is 9.27. The minimum atomic E-state index is -0.356. The molecule has 36 heavy (non-hydrogen) atoms. The Morgan fingerprint density at radius 2 is 0.778 bits per heavy atom. The first-order valence-electron chi connectivity index (χ1n) is 13.3. The molecule has 0 amide bonds. The monoisotopic (exact) mass is 484 g/mol. The average Bonchev–Trinajstić information content (AvgIpc) is 3.34. The molecule has 2 atom stereocenters. The molecule has 4 aromatic rings. The maximum Gasteiger partial charge on any atom is 0.117 e. The van der Waals surface area contributed by atoms with Crippen LogP contribution in [0.3, 0.4) is 0 Å². The minimum Gasteiger partial charge on any atom is -0.331 e. The van der Waals surface area contributed by atoms with Crippen molar-refractivity contribution in [3.63, 3.8) is 0 Å². The highest BCUT2D eigenvalue weighted by atomic mass is 15.1. The van der Waals surface area contributed by atoms with Crippen molar-refractivity contribution in [2.45, 2.75) is 80.1 Å². The summed E-state index contributed by atoms with van der Waals surface area (Å²) in [4.78, 5) is 10.8. The van der Waals surface area contributed by atoms with Crippen LogP contribution in [0.4, 0.5) is 0 Å². The standard InChI is InChI=1S/C32H44N4/c1-27(2)28(3,4)30(7,8)32(10,26-34-22-18-14-16-20-24(22)36(26)12)31(9,29(27,5)6)25-33-21-17-13-15-19-23(21)35(25)11/h13-20H,1-12H3. The SMILES string of the molecule is Cn1c(C2(C)C(C)(C)C(C)(C)C(C)(C)C(C)(C)C2(C)c2nc3ccccc3n2C)nc2ccccc21. The van der Waals surface area contributed by atoms with Crippen LogP contribution in [0.2, 0.25) is 0 Å². The molecule has 0 radical (unpaired) electrons. The van der Waals surface area contributed by atoms with Gasteiger partial charge in [0.25, 0.3) is 0 Å². The van der Waals surface area contributed by atoms with Gasteiger partial charge in [0.05, 0.1) is 22.1 Å². The van der Waals surface area contributed by atoms with Crippen molar-refractivity contribution < 1.29 is 0 Å². The fourth-order valence-corrected chi connectivity index (χ4v) is 8.25. The Kier molecular flexibility index (Phi) is 4.89. The van der Waals surface area contributed by atoms with E-state index >= 15 is 0 Å². The van der Waals surface area contributed by atoms with Crippen molar-refractivity contribution in [2.75, 3.05) is 0 Å². The maximum atomic E-state index is 5.41. The van der Waals surface area contributed by atoms with E-state index in [2.05, 4.69) is 141 Å². The van der Waals surface area contributed by atoms with Gasteiger partial charge in [-0.2, -0.15) is 0 Å². The Hall–Kier alpha value is -2.62. The number of benzene rings is 2. The molecule has 0 saturated heterocycles. The van der Waals surface area contributed by atoms with Crippen LogP contribution in [-0.4, -0.2) is 19.1 Å². The van der Waals surface area contributed by atoms with E-state index in [1.165, 1.54) is 11.0 Å². The number of hydrogen-bond donors (Lipinski definition) is 0. The van der Waals surface area contributed by atoms with Crippen LogP contribution in [0.5, 0.6) is 0 Å². The van der Waals surface area contributed by atoms with Crippen molar-refractivity contribution in [1.82, 2.24) is 19.1 Å². The third-order valence-electron chi connectivity index (χ3n) is 12.7. The predicted octanol–water partition coefficient (Wildman–Crippen LogP) is 7.79. The average molecular weight is 485 g/mol. The lowest BCUT2D eigenvalue weighted by molar-refractivity contribution is -0.238. The lowest BCUT2D eigenvalue weighted by Crippen LogP contribution is -2.76. The van der Waals surface area contributed by atoms with Gasteiger partial charge in [-0.1, -0.05) is 93.5 Å². The second kappa shape index (κ2) is 7.02. The van der Waals surface area contributed by atoms with Gasteiger partial charge in [-0.05, 0) is 45.9 Å². The molecule has 5 rings (SSSR count). The molecular weight excluding hydrogens is 440 g/mol. The number of fused-ring (bicyclic) bond motifs is 2. The first-order chi connectivity index (χ1) is 16.5. The summed E-state index contributed by atoms with van der Waals surface area (Å²) in [5.74, 6) is 2.28. The fourth-order valence-electron chi connectivity index (χ4n) is 8.25. The van der Waals surface area contributed by atoms with E-state index in [1.54, 1.807) is 0 Å². The molecule has 2 unspecified atom stereocenters. The molecule has 2 heterocycles. The lowest BCUT2D eigenvalue weighted by Gasteiger charge is -2.76. The van der Waals surface area contributed by atoms with Crippen molar-refractivity contribution in [2.24, 2.45) is 35.8 Å². The first kappa shape index (κ1) is 25.0. The van der Waals surface area contributed by atoms with E-state index < -0.39 is 0 Å². The molecular formula is C32H44N4. The molecule has 4 nitrogen and oxygen atoms in total. The Balaban J connectivity index is 2.00. The van der Waals surface area contributed by atoms with Gasteiger partial charge < -0.3 is 9.13 Å². The molecule has 2 aromatic carbocycles. The quantitative estimate of drug-likeness (QED) is 0.291. The molecule has 0 bridgehead atoms. The van der Waals surface area contributed by atoms with Crippen LogP contribution in [0.15, 0.2) is 48.5 Å². The van der Waals surface area contributed by atoms with Crippen molar-refractivity contribution in [3.8, 4) is 0 Å². The van der Waals surface area contributed by atoms with Crippen molar-refractivity contribution in [1.29, 1.82) is 0 Å².